The van der Waals surface area contributed by atoms with Gasteiger partial charge in [-0.15, -0.1) is 0 Å². The van der Waals surface area contributed by atoms with E-state index in [2.05, 4.69) is 64.1 Å². The highest BCUT2D eigenvalue weighted by molar-refractivity contribution is 5.99. The minimum atomic E-state index is -0.179. The molecule has 0 aliphatic carbocycles. The molecule has 2 aliphatic heterocycles. The minimum Gasteiger partial charge on any atom is -0.381 e. The zero-order chi connectivity index (χ0) is 32.6. The monoisotopic (exact) mass is 628 g/mol. The third-order valence-corrected chi connectivity index (χ3v) is 9.57. The van der Waals surface area contributed by atoms with Gasteiger partial charge in [0.25, 0.3) is 11.5 Å². The third-order valence-electron chi connectivity index (χ3n) is 9.57. The van der Waals surface area contributed by atoms with Crippen LogP contribution < -0.4 is 15.8 Å². The Morgan fingerprint density at radius 2 is 1.87 bits per heavy atom. The summed E-state index contributed by atoms with van der Waals surface area (Å²) >= 11 is 0. The van der Waals surface area contributed by atoms with E-state index >= 15 is 0 Å². The van der Waals surface area contributed by atoms with Gasteiger partial charge in [-0.3, -0.25) is 19.5 Å². The number of carbonyl (C=O) groups is 1. The van der Waals surface area contributed by atoms with Crippen LogP contribution in [0.3, 0.4) is 0 Å². The Morgan fingerprint density at radius 1 is 1.07 bits per heavy atom. The molecule has 0 radical (unpaired) electrons. The highest BCUT2D eigenvalue weighted by Crippen LogP contribution is 2.34. The maximum absolute atomic E-state index is 13.9. The molecule has 2 aliphatic rings. The van der Waals surface area contributed by atoms with Gasteiger partial charge < -0.3 is 24.8 Å². The summed E-state index contributed by atoms with van der Waals surface area (Å²) in [5, 5.41) is 3.10. The van der Waals surface area contributed by atoms with Gasteiger partial charge in [-0.05, 0) is 108 Å². The Morgan fingerprint density at radius 3 is 2.59 bits per heavy atom. The summed E-state index contributed by atoms with van der Waals surface area (Å²) in [5.41, 5.74) is 7.95. The molecule has 1 amide bonds. The van der Waals surface area contributed by atoms with Gasteiger partial charge in [0.15, 0.2) is 0 Å². The van der Waals surface area contributed by atoms with Crippen molar-refractivity contribution in [3.63, 3.8) is 0 Å². The quantitative estimate of drug-likeness (QED) is 0.306. The summed E-state index contributed by atoms with van der Waals surface area (Å²) < 4.78 is 5.68. The number of H-pyrrole nitrogens is 1. The van der Waals surface area contributed by atoms with E-state index in [-0.39, 0.29) is 18.0 Å². The summed E-state index contributed by atoms with van der Waals surface area (Å²) in [6.45, 7) is 15.9. The largest absolute Gasteiger partial charge is 0.381 e. The number of nitrogens with one attached hydrogen (secondary N) is 2. The Hall–Kier alpha value is -3.53. The second kappa shape index (κ2) is 15.8. The number of rotatable bonds is 11. The van der Waals surface area contributed by atoms with Crippen molar-refractivity contribution in [3.05, 3.63) is 80.5 Å². The van der Waals surface area contributed by atoms with E-state index in [0.29, 0.717) is 17.2 Å². The van der Waals surface area contributed by atoms with E-state index in [4.69, 9.17) is 9.72 Å². The van der Waals surface area contributed by atoms with Crippen LogP contribution in [-0.2, 0) is 24.2 Å². The second-order valence-corrected chi connectivity index (χ2v) is 13.0. The summed E-state index contributed by atoms with van der Waals surface area (Å²) in [5.74, 6) is -0.179. The molecule has 2 N–H and O–H groups in total. The molecule has 2 fully saturated rings. The predicted molar refractivity (Wildman–Crippen MR) is 186 cm³/mol. The summed E-state index contributed by atoms with van der Waals surface area (Å²) in [7, 11) is 2.19. The smallest absolute Gasteiger partial charge is 0.253 e. The molecular formula is C37H52N6O3. The number of hydrogen-bond donors (Lipinski definition) is 2. The average Bonchev–Trinajstić information content (AvgIpc) is 3.26. The zero-order valence-electron chi connectivity index (χ0n) is 28.5. The fourth-order valence-electron chi connectivity index (χ4n) is 6.93. The van der Waals surface area contributed by atoms with Crippen molar-refractivity contribution in [2.45, 2.75) is 78.9 Å². The van der Waals surface area contributed by atoms with Gasteiger partial charge in [-0.1, -0.05) is 19.4 Å². The Balaban J connectivity index is 1.45. The number of aromatic amines is 1. The fourth-order valence-corrected chi connectivity index (χ4v) is 6.93. The van der Waals surface area contributed by atoms with E-state index < -0.39 is 0 Å². The molecule has 3 aromatic rings. The maximum Gasteiger partial charge on any atom is 0.253 e. The first-order chi connectivity index (χ1) is 22.3. The normalized spacial score (nSPS) is 16.7. The molecule has 0 saturated carbocycles. The number of aryl methyl sites for hydroxylation is 2. The molecule has 9 nitrogen and oxygen atoms in total. The molecular weight excluding hydrogens is 576 g/mol. The number of hydrogen-bond acceptors (Lipinski definition) is 7. The molecule has 9 heteroatoms. The summed E-state index contributed by atoms with van der Waals surface area (Å²) in [6, 6.07) is 10.8. The molecule has 2 saturated heterocycles. The number of amides is 1. The number of benzene rings is 1. The Bertz CT molecular complexity index is 1530. The van der Waals surface area contributed by atoms with E-state index in [1.807, 2.05) is 32.2 Å². The zero-order valence-corrected chi connectivity index (χ0v) is 28.5. The van der Waals surface area contributed by atoms with Gasteiger partial charge in [0, 0.05) is 86.2 Å². The highest BCUT2D eigenvalue weighted by Gasteiger charge is 2.25. The van der Waals surface area contributed by atoms with Crippen LogP contribution in [-0.4, -0.2) is 84.7 Å². The Labute approximate surface area is 274 Å². The topological polar surface area (TPSA) is 93.8 Å². The molecule has 5 rings (SSSR count). The SMILES string of the molecule is CCCc1cc(C)[nH]c(=O)c1CNC(=O)c1cc(-c2ccc(CN3CCCN(C)CC3)nc2)cc(N(CC)C2CCOCC2)c1C. The number of nitrogens with zero attached hydrogens (tertiary/aromatic N) is 4. The lowest BCUT2D eigenvalue weighted by molar-refractivity contribution is 0.0846. The molecule has 248 valence electrons. The lowest BCUT2D eigenvalue weighted by atomic mass is 9.95. The van der Waals surface area contributed by atoms with Gasteiger partial charge in [0.05, 0.1) is 5.69 Å². The van der Waals surface area contributed by atoms with Gasteiger partial charge in [-0.2, -0.15) is 0 Å². The standard InChI is InChI=1S/C37H52N6O3/c1-6-9-28-20-26(3)40-37(45)34(28)24-39-36(44)33-21-30(22-35(27(33)4)43(7-2)32-12-18-46-19-13-32)29-10-11-31(38-23-29)25-42-15-8-14-41(5)16-17-42/h10-11,20-23,32H,6-9,12-19,24-25H2,1-5H3,(H,39,44)(H,40,45). The van der Waals surface area contributed by atoms with Crippen molar-refractivity contribution in [1.29, 1.82) is 0 Å². The van der Waals surface area contributed by atoms with Crippen LogP contribution in [0.15, 0.2) is 41.3 Å². The molecule has 2 aromatic heterocycles. The van der Waals surface area contributed by atoms with Crippen LogP contribution in [0.4, 0.5) is 5.69 Å². The van der Waals surface area contributed by atoms with Crippen molar-refractivity contribution >= 4 is 11.6 Å². The van der Waals surface area contributed by atoms with Crippen LogP contribution in [0.2, 0.25) is 0 Å². The lowest BCUT2D eigenvalue weighted by Gasteiger charge is -2.37. The molecule has 0 bridgehead atoms. The van der Waals surface area contributed by atoms with E-state index in [9.17, 15) is 9.59 Å². The van der Waals surface area contributed by atoms with Crippen LogP contribution in [0, 0.1) is 13.8 Å². The number of carbonyl (C=O) groups excluding carboxylic acids is 1. The first-order valence-corrected chi connectivity index (χ1v) is 17.1. The number of pyridine rings is 2. The average molecular weight is 629 g/mol. The lowest BCUT2D eigenvalue weighted by Crippen LogP contribution is -2.40. The first-order valence-electron chi connectivity index (χ1n) is 17.1. The second-order valence-electron chi connectivity index (χ2n) is 13.0. The number of likely N-dealkylation sites (N-methyl/N-ethyl adjacent to an activating group) is 1. The molecule has 4 heterocycles. The van der Waals surface area contributed by atoms with Gasteiger partial charge in [-0.25, -0.2) is 0 Å². The van der Waals surface area contributed by atoms with E-state index in [1.165, 1.54) is 6.42 Å². The van der Waals surface area contributed by atoms with Crippen molar-refractivity contribution in [2.75, 3.05) is 57.9 Å². The van der Waals surface area contributed by atoms with Gasteiger partial charge in [0.1, 0.15) is 0 Å². The minimum absolute atomic E-state index is 0.134. The predicted octanol–water partition coefficient (Wildman–Crippen LogP) is 5.08. The van der Waals surface area contributed by atoms with Crippen molar-refractivity contribution < 1.29 is 9.53 Å². The maximum atomic E-state index is 13.9. The van der Waals surface area contributed by atoms with Crippen LogP contribution in [0.1, 0.15) is 78.0 Å². The van der Waals surface area contributed by atoms with E-state index in [0.717, 1.165) is 117 Å². The van der Waals surface area contributed by atoms with Crippen molar-refractivity contribution in [3.8, 4) is 11.1 Å². The van der Waals surface area contributed by atoms with Gasteiger partial charge in [0.2, 0.25) is 0 Å². The van der Waals surface area contributed by atoms with Crippen LogP contribution in [0.5, 0.6) is 0 Å². The molecule has 0 unspecified atom stereocenters. The van der Waals surface area contributed by atoms with Gasteiger partial charge >= 0.3 is 0 Å². The highest BCUT2D eigenvalue weighted by atomic mass is 16.5. The molecule has 46 heavy (non-hydrogen) atoms. The van der Waals surface area contributed by atoms with Crippen LogP contribution >= 0.6 is 0 Å². The molecule has 0 atom stereocenters. The number of anilines is 1. The van der Waals surface area contributed by atoms with Crippen molar-refractivity contribution in [2.24, 2.45) is 0 Å². The van der Waals surface area contributed by atoms with Crippen LogP contribution in [0.25, 0.3) is 11.1 Å². The number of aromatic nitrogens is 2. The molecule has 1 aromatic carbocycles. The number of ether oxygens (including phenoxy) is 1. The van der Waals surface area contributed by atoms with E-state index in [1.54, 1.807) is 0 Å². The van der Waals surface area contributed by atoms with Crippen molar-refractivity contribution in [1.82, 2.24) is 25.1 Å². The summed E-state index contributed by atoms with van der Waals surface area (Å²) in [4.78, 5) is 41.9. The molecule has 0 spiro atoms. The fraction of sp³-hybridized carbons (Fsp3) is 0.541. The first kappa shape index (κ1) is 33.8. The summed E-state index contributed by atoms with van der Waals surface area (Å²) in [6.07, 6.45) is 6.75. The Kier molecular flexibility index (Phi) is 11.7. The third kappa shape index (κ3) is 8.24.